The molecule has 2 aliphatic heterocycles. The van der Waals surface area contributed by atoms with E-state index in [0.717, 1.165) is 25.9 Å². The number of likely N-dealkylation sites (tertiary alicyclic amines) is 1. The standard InChI is InChI=1S/C10H18N4O2/c11-9(12)8-7-14(5-6-16-8)10(15)13-3-1-2-4-13/h8H,1-7H2,(H3,11,12). The second kappa shape index (κ2) is 4.69. The summed E-state index contributed by atoms with van der Waals surface area (Å²) >= 11 is 0. The van der Waals surface area contributed by atoms with E-state index >= 15 is 0 Å². The van der Waals surface area contributed by atoms with Gasteiger partial charge in [-0.1, -0.05) is 0 Å². The minimum Gasteiger partial charge on any atom is -0.385 e. The fraction of sp³-hybridized carbons (Fsp3) is 0.800. The Balaban J connectivity index is 1.93. The van der Waals surface area contributed by atoms with Gasteiger partial charge in [-0.05, 0) is 12.8 Å². The van der Waals surface area contributed by atoms with Crippen LogP contribution in [0.15, 0.2) is 0 Å². The third-order valence-electron chi connectivity index (χ3n) is 3.06. The van der Waals surface area contributed by atoms with Gasteiger partial charge >= 0.3 is 6.03 Å². The number of morpholine rings is 1. The highest BCUT2D eigenvalue weighted by Crippen LogP contribution is 2.13. The van der Waals surface area contributed by atoms with Gasteiger partial charge in [0.15, 0.2) is 0 Å². The van der Waals surface area contributed by atoms with Crippen molar-refractivity contribution in [3.05, 3.63) is 0 Å². The Morgan fingerprint density at radius 3 is 2.56 bits per heavy atom. The number of hydrogen-bond donors (Lipinski definition) is 2. The lowest BCUT2D eigenvalue weighted by Crippen LogP contribution is -2.53. The van der Waals surface area contributed by atoms with Gasteiger partial charge in [-0.25, -0.2) is 4.79 Å². The summed E-state index contributed by atoms with van der Waals surface area (Å²) in [6, 6.07) is 0.0621. The zero-order valence-corrected chi connectivity index (χ0v) is 9.32. The van der Waals surface area contributed by atoms with Crippen LogP contribution in [0.3, 0.4) is 0 Å². The van der Waals surface area contributed by atoms with Crippen LogP contribution in [0.1, 0.15) is 12.8 Å². The molecular formula is C10H18N4O2. The third kappa shape index (κ3) is 2.27. The van der Waals surface area contributed by atoms with Crippen molar-refractivity contribution in [2.45, 2.75) is 18.9 Å². The van der Waals surface area contributed by atoms with Crippen molar-refractivity contribution in [3.63, 3.8) is 0 Å². The summed E-state index contributed by atoms with van der Waals surface area (Å²) in [4.78, 5) is 15.7. The molecule has 0 bridgehead atoms. The van der Waals surface area contributed by atoms with E-state index in [9.17, 15) is 4.79 Å². The molecule has 2 fully saturated rings. The highest BCUT2D eigenvalue weighted by atomic mass is 16.5. The topological polar surface area (TPSA) is 82.7 Å². The lowest BCUT2D eigenvalue weighted by Gasteiger charge is -2.34. The Bertz CT molecular complexity index is 289. The monoisotopic (exact) mass is 226 g/mol. The maximum Gasteiger partial charge on any atom is 0.320 e. The van der Waals surface area contributed by atoms with Crippen LogP contribution in [0, 0.1) is 5.41 Å². The van der Waals surface area contributed by atoms with Gasteiger partial charge < -0.3 is 20.3 Å². The predicted molar refractivity (Wildman–Crippen MR) is 59.4 cm³/mol. The van der Waals surface area contributed by atoms with Crippen molar-refractivity contribution in [1.82, 2.24) is 9.80 Å². The molecule has 90 valence electrons. The lowest BCUT2D eigenvalue weighted by molar-refractivity contribution is 0.0150. The highest BCUT2D eigenvalue weighted by Gasteiger charge is 2.29. The molecule has 0 aromatic carbocycles. The first-order valence-corrected chi connectivity index (χ1v) is 5.68. The van der Waals surface area contributed by atoms with Crippen LogP contribution in [0.4, 0.5) is 4.79 Å². The van der Waals surface area contributed by atoms with Gasteiger partial charge in [0, 0.05) is 19.6 Å². The number of carbonyl (C=O) groups is 1. The van der Waals surface area contributed by atoms with Crippen molar-refractivity contribution in [2.75, 3.05) is 32.8 Å². The average molecular weight is 226 g/mol. The number of nitrogens with one attached hydrogen (secondary N) is 1. The van der Waals surface area contributed by atoms with E-state index in [1.165, 1.54) is 0 Å². The summed E-state index contributed by atoms with van der Waals surface area (Å²) in [6.45, 7) is 3.16. The van der Waals surface area contributed by atoms with Crippen molar-refractivity contribution in [3.8, 4) is 0 Å². The largest absolute Gasteiger partial charge is 0.385 e. The fourth-order valence-corrected chi connectivity index (χ4v) is 2.12. The Morgan fingerprint density at radius 2 is 1.94 bits per heavy atom. The van der Waals surface area contributed by atoms with Crippen LogP contribution in [0.25, 0.3) is 0 Å². The van der Waals surface area contributed by atoms with Gasteiger partial charge in [0.05, 0.1) is 13.2 Å². The molecule has 6 nitrogen and oxygen atoms in total. The molecule has 2 heterocycles. The summed E-state index contributed by atoms with van der Waals surface area (Å²) in [5.74, 6) is -0.000998. The smallest absolute Gasteiger partial charge is 0.320 e. The number of amidine groups is 1. The first kappa shape index (κ1) is 11.2. The summed E-state index contributed by atoms with van der Waals surface area (Å²) in [7, 11) is 0. The van der Waals surface area contributed by atoms with Gasteiger partial charge in [0.2, 0.25) is 0 Å². The number of ether oxygens (including phenoxy) is 1. The van der Waals surface area contributed by atoms with Crippen LogP contribution in [-0.2, 0) is 4.74 Å². The number of nitrogens with two attached hydrogens (primary N) is 1. The van der Waals surface area contributed by atoms with Gasteiger partial charge in [0.1, 0.15) is 11.9 Å². The zero-order valence-electron chi connectivity index (χ0n) is 9.32. The Hall–Kier alpha value is -1.30. The molecule has 0 saturated carbocycles. The molecule has 0 aliphatic carbocycles. The molecular weight excluding hydrogens is 208 g/mol. The first-order chi connectivity index (χ1) is 7.68. The van der Waals surface area contributed by atoms with E-state index in [1.54, 1.807) is 4.90 Å². The maximum absolute atomic E-state index is 12.1. The number of amides is 2. The van der Waals surface area contributed by atoms with Crippen LogP contribution < -0.4 is 5.73 Å². The van der Waals surface area contributed by atoms with Gasteiger partial charge in [0.25, 0.3) is 0 Å². The Labute approximate surface area is 94.8 Å². The van der Waals surface area contributed by atoms with E-state index in [-0.39, 0.29) is 11.9 Å². The molecule has 0 spiro atoms. The highest BCUT2D eigenvalue weighted by molar-refractivity contribution is 5.83. The number of hydrogen-bond acceptors (Lipinski definition) is 3. The minimum absolute atomic E-state index is 0.000998. The lowest BCUT2D eigenvalue weighted by atomic mass is 10.2. The molecule has 2 saturated heterocycles. The van der Waals surface area contributed by atoms with Gasteiger partial charge in [-0.15, -0.1) is 0 Å². The van der Waals surface area contributed by atoms with Crippen molar-refractivity contribution < 1.29 is 9.53 Å². The number of rotatable bonds is 1. The molecule has 1 atom stereocenters. The fourth-order valence-electron chi connectivity index (χ4n) is 2.12. The summed E-state index contributed by atoms with van der Waals surface area (Å²) in [5, 5.41) is 7.33. The molecule has 2 aliphatic rings. The van der Waals surface area contributed by atoms with E-state index in [0.29, 0.717) is 19.7 Å². The summed E-state index contributed by atoms with van der Waals surface area (Å²) in [6.07, 6.45) is 1.75. The minimum atomic E-state index is -0.430. The summed E-state index contributed by atoms with van der Waals surface area (Å²) in [5.41, 5.74) is 5.39. The van der Waals surface area contributed by atoms with E-state index in [2.05, 4.69) is 0 Å². The van der Waals surface area contributed by atoms with E-state index in [4.69, 9.17) is 15.9 Å². The Morgan fingerprint density at radius 1 is 1.25 bits per heavy atom. The molecule has 3 N–H and O–H groups in total. The second-order valence-electron chi connectivity index (χ2n) is 4.24. The maximum atomic E-state index is 12.1. The average Bonchev–Trinajstić information content (AvgIpc) is 2.81. The summed E-state index contributed by atoms with van der Waals surface area (Å²) < 4.78 is 5.32. The second-order valence-corrected chi connectivity index (χ2v) is 4.24. The quantitative estimate of drug-likeness (QED) is 0.481. The van der Waals surface area contributed by atoms with E-state index < -0.39 is 6.10 Å². The SMILES string of the molecule is N=C(N)C1CN(C(=O)N2CCCC2)CCO1. The number of nitrogens with zero attached hydrogens (tertiary/aromatic N) is 2. The Kier molecular flexibility index (Phi) is 3.28. The molecule has 2 rings (SSSR count). The first-order valence-electron chi connectivity index (χ1n) is 5.68. The zero-order chi connectivity index (χ0) is 11.5. The van der Waals surface area contributed by atoms with Gasteiger partial charge in [-0.2, -0.15) is 0 Å². The van der Waals surface area contributed by atoms with Crippen LogP contribution in [0.5, 0.6) is 0 Å². The van der Waals surface area contributed by atoms with Crippen LogP contribution in [0.2, 0.25) is 0 Å². The molecule has 0 aromatic rings. The molecule has 6 heteroatoms. The van der Waals surface area contributed by atoms with Crippen LogP contribution >= 0.6 is 0 Å². The van der Waals surface area contributed by atoms with Crippen molar-refractivity contribution in [2.24, 2.45) is 5.73 Å². The number of urea groups is 1. The molecule has 16 heavy (non-hydrogen) atoms. The third-order valence-corrected chi connectivity index (χ3v) is 3.06. The van der Waals surface area contributed by atoms with Crippen molar-refractivity contribution >= 4 is 11.9 Å². The predicted octanol–water partition coefficient (Wildman–Crippen LogP) is -0.161. The molecule has 0 radical (unpaired) electrons. The van der Waals surface area contributed by atoms with Crippen LogP contribution in [-0.4, -0.2) is 60.6 Å². The molecule has 1 unspecified atom stereocenters. The van der Waals surface area contributed by atoms with Crippen molar-refractivity contribution in [1.29, 1.82) is 5.41 Å². The molecule has 0 aromatic heterocycles. The number of carbonyl (C=O) groups excluding carboxylic acids is 1. The normalized spacial score (nSPS) is 25.9. The van der Waals surface area contributed by atoms with E-state index in [1.807, 2.05) is 4.90 Å². The van der Waals surface area contributed by atoms with Gasteiger partial charge in [-0.3, -0.25) is 5.41 Å². The molecule has 2 amide bonds.